The van der Waals surface area contributed by atoms with Crippen LogP contribution in [-0.4, -0.2) is 55.1 Å². The number of amides is 1. The third kappa shape index (κ3) is 5.48. The lowest BCUT2D eigenvalue weighted by atomic mass is 10.2. The number of ether oxygens (including phenoxy) is 1. The van der Waals surface area contributed by atoms with E-state index in [-0.39, 0.29) is 28.6 Å². The predicted molar refractivity (Wildman–Crippen MR) is 125 cm³/mol. The second-order valence-electron chi connectivity index (χ2n) is 6.76. The molecular formula is C20H19ClN4O4S3. The van der Waals surface area contributed by atoms with E-state index in [1.807, 2.05) is 30.3 Å². The average molecular weight is 511 g/mol. The largest absolute Gasteiger partial charge is 0.379 e. The summed E-state index contributed by atoms with van der Waals surface area (Å²) in [5.74, 6) is 0.249. The van der Waals surface area contributed by atoms with Gasteiger partial charge in [0.1, 0.15) is 4.90 Å². The van der Waals surface area contributed by atoms with Crippen molar-refractivity contribution < 1.29 is 17.9 Å². The van der Waals surface area contributed by atoms with E-state index in [1.54, 1.807) is 0 Å². The van der Waals surface area contributed by atoms with Gasteiger partial charge in [0.25, 0.3) is 5.91 Å². The molecule has 1 amide bonds. The van der Waals surface area contributed by atoms with Crippen LogP contribution >= 0.6 is 34.7 Å². The topological polar surface area (TPSA) is 101 Å². The van der Waals surface area contributed by atoms with Crippen LogP contribution in [0.1, 0.15) is 15.9 Å². The minimum Gasteiger partial charge on any atom is -0.379 e. The van der Waals surface area contributed by atoms with E-state index in [4.69, 9.17) is 16.3 Å². The quantitative estimate of drug-likeness (QED) is 0.381. The average Bonchev–Trinajstić information content (AvgIpc) is 3.26. The summed E-state index contributed by atoms with van der Waals surface area (Å²) < 4.78 is 33.2. The Bertz CT molecular complexity index is 1200. The van der Waals surface area contributed by atoms with Crippen molar-refractivity contribution in [3.8, 4) is 0 Å². The zero-order chi connectivity index (χ0) is 22.6. The molecule has 3 aromatic rings. The molecule has 0 spiro atoms. The number of benzene rings is 2. The van der Waals surface area contributed by atoms with Crippen molar-refractivity contribution in [1.29, 1.82) is 0 Å². The maximum atomic E-state index is 13.0. The highest BCUT2D eigenvalue weighted by atomic mass is 35.5. The Hall–Kier alpha value is -2.02. The molecule has 168 valence electrons. The number of anilines is 1. The summed E-state index contributed by atoms with van der Waals surface area (Å²) in [7, 11) is -3.84. The molecule has 0 unspecified atom stereocenters. The second-order valence-corrected chi connectivity index (χ2v) is 11.3. The predicted octanol–water partition coefficient (Wildman–Crippen LogP) is 3.76. The number of sulfonamides is 1. The smallest absolute Gasteiger partial charge is 0.257 e. The van der Waals surface area contributed by atoms with Crippen LogP contribution in [0.4, 0.5) is 5.13 Å². The van der Waals surface area contributed by atoms with Crippen molar-refractivity contribution in [2.45, 2.75) is 15.0 Å². The number of nitrogens with one attached hydrogen (secondary N) is 1. The summed E-state index contributed by atoms with van der Waals surface area (Å²) in [5, 5.41) is 11.2. The molecule has 0 atom stereocenters. The zero-order valence-electron chi connectivity index (χ0n) is 16.7. The first kappa shape index (κ1) is 23.1. The number of aromatic nitrogens is 2. The molecule has 1 aromatic heterocycles. The molecule has 0 bridgehead atoms. The van der Waals surface area contributed by atoms with Gasteiger partial charge < -0.3 is 4.74 Å². The fraction of sp³-hybridized carbons (Fsp3) is 0.250. The SMILES string of the molecule is O=C(Nc1nnc(SCc2ccccc2)s1)c1ccc(Cl)c(S(=O)(=O)N2CCOCC2)c1. The van der Waals surface area contributed by atoms with Gasteiger partial charge in [0.15, 0.2) is 4.34 Å². The van der Waals surface area contributed by atoms with E-state index in [9.17, 15) is 13.2 Å². The molecule has 2 heterocycles. The molecule has 1 N–H and O–H groups in total. The van der Waals surface area contributed by atoms with Gasteiger partial charge in [-0.3, -0.25) is 10.1 Å². The van der Waals surface area contributed by atoms with Gasteiger partial charge in [0.2, 0.25) is 15.2 Å². The van der Waals surface area contributed by atoms with Crippen LogP contribution in [0.25, 0.3) is 0 Å². The van der Waals surface area contributed by atoms with Crippen LogP contribution in [0, 0.1) is 0 Å². The monoisotopic (exact) mass is 510 g/mol. The fourth-order valence-corrected chi connectivity index (χ4v) is 6.59. The van der Waals surface area contributed by atoms with Crippen molar-refractivity contribution in [2.75, 3.05) is 31.6 Å². The highest BCUT2D eigenvalue weighted by Gasteiger charge is 2.29. The van der Waals surface area contributed by atoms with E-state index in [2.05, 4.69) is 15.5 Å². The van der Waals surface area contributed by atoms with Crippen LogP contribution < -0.4 is 5.32 Å². The number of carbonyl (C=O) groups is 1. The van der Waals surface area contributed by atoms with Gasteiger partial charge in [-0.2, -0.15) is 4.31 Å². The molecule has 0 aliphatic carbocycles. The standard InChI is InChI=1S/C20H19ClN4O4S3/c21-16-7-6-15(12-17(16)32(27,28)25-8-10-29-11-9-25)18(26)22-19-23-24-20(31-19)30-13-14-4-2-1-3-5-14/h1-7,12H,8-11,13H2,(H,22,23,26). The van der Waals surface area contributed by atoms with E-state index in [0.29, 0.717) is 18.3 Å². The molecule has 1 aliphatic rings. The molecule has 8 nitrogen and oxygen atoms in total. The number of thioether (sulfide) groups is 1. The van der Waals surface area contributed by atoms with Crippen molar-refractivity contribution in [3.63, 3.8) is 0 Å². The third-order valence-electron chi connectivity index (χ3n) is 4.61. The van der Waals surface area contributed by atoms with Crippen molar-refractivity contribution >= 4 is 55.8 Å². The summed E-state index contributed by atoms with van der Waals surface area (Å²) in [4.78, 5) is 12.6. The van der Waals surface area contributed by atoms with Crippen molar-refractivity contribution in [2.24, 2.45) is 0 Å². The number of rotatable bonds is 7. The molecule has 12 heteroatoms. The fourth-order valence-electron chi connectivity index (χ4n) is 2.98. The molecule has 1 saturated heterocycles. The van der Waals surface area contributed by atoms with Crippen LogP contribution in [0.5, 0.6) is 0 Å². The van der Waals surface area contributed by atoms with Gasteiger partial charge in [0.05, 0.1) is 18.2 Å². The lowest BCUT2D eigenvalue weighted by Crippen LogP contribution is -2.40. The first-order valence-corrected chi connectivity index (χ1v) is 13.2. The molecule has 4 rings (SSSR count). The van der Waals surface area contributed by atoms with Crippen molar-refractivity contribution in [3.05, 3.63) is 64.7 Å². The summed E-state index contributed by atoms with van der Waals surface area (Å²) in [5.41, 5.74) is 1.32. The summed E-state index contributed by atoms with van der Waals surface area (Å²) >= 11 is 8.94. The Labute approximate surface area is 199 Å². The number of carbonyl (C=O) groups excluding carboxylic acids is 1. The minimum atomic E-state index is -3.84. The highest BCUT2D eigenvalue weighted by molar-refractivity contribution is 8.00. The van der Waals surface area contributed by atoms with E-state index in [0.717, 1.165) is 15.7 Å². The number of hydrogen-bond donors (Lipinski definition) is 1. The van der Waals surface area contributed by atoms with Gasteiger partial charge >= 0.3 is 0 Å². The Balaban J connectivity index is 1.45. The molecule has 32 heavy (non-hydrogen) atoms. The van der Waals surface area contributed by atoms with Gasteiger partial charge in [-0.15, -0.1) is 10.2 Å². The van der Waals surface area contributed by atoms with Crippen LogP contribution in [-0.2, 0) is 20.5 Å². The number of halogens is 1. The lowest BCUT2D eigenvalue weighted by molar-refractivity contribution is 0.0730. The van der Waals surface area contributed by atoms with E-state index >= 15 is 0 Å². The number of morpholine rings is 1. The van der Waals surface area contributed by atoms with Gasteiger partial charge in [0, 0.05) is 24.4 Å². The molecule has 0 radical (unpaired) electrons. The second kappa shape index (κ2) is 10.3. The van der Waals surface area contributed by atoms with Gasteiger partial charge in [-0.05, 0) is 23.8 Å². The Kier molecular flexibility index (Phi) is 7.44. The van der Waals surface area contributed by atoms with E-state index in [1.165, 1.54) is 45.6 Å². The Morgan fingerprint density at radius 2 is 1.91 bits per heavy atom. The molecular weight excluding hydrogens is 492 g/mol. The number of hydrogen-bond acceptors (Lipinski definition) is 8. The molecule has 1 aliphatic heterocycles. The minimum absolute atomic E-state index is 0.0588. The van der Waals surface area contributed by atoms with Crippen LogP contribution in [0.3, 0.4) is 0 Å². The maximum absolute atomic E-state index is 13.0. The first-order valence-electron chi connectivity index (χ1n) is 9.62. The van der Waals surface area contributed by atoms with E-state index < -0.39 is 15.9 Å². The lowest BCUT2D eigenvalue weighted by Gasteiger charge is -2.26. The third-order valence-corrected chi connectivity index (χ3v) is 9.04. The van der Waals surface area contributed by atoms with Crippen molar-refractivity contribution in [1.82, 2.24) is 14.5 Å². The maximum Gasteiger partial charge on any atom is 0.257 e. The zero-order valence-corrected chi connectivity index (χ0v) is 19.9. The summed E-state index contributed by atoms with van der Waals surface area (Å²) in [6.07, 6.45) is 0. The highest BCUT2D eigenvalue weighted by Crippen LogP contribution is 2.30. The molecule has 2 aromatic carbocycles. The first-order chi connectivity index (χ1) is 15.4. The molecule has 0 saturated carbocycles. The van der Waals surface area contributed by atoms with Gasteiger partial charge in [-0.1, -0.05) is 65.0 Å². The normalized spacial score (nSPS) is 14.9. The summed E-state index contributed by atoms with van der Waals surface area (Å²) in [6, 6.07) is 14.1. The van der Waals surface area contributed by atoms with Crippen LogP contribution in [0.15, 0.2) is 57.8 Å². The molecule has 1 fully saturated rings. The van der Waals surface area contributed by atoms with Gasteiger partial charge in [-0.25, -0.2) is 8.42 Å². The summed E-state index contributed by atoms with van der Waals surface area (Å²) in [6.45, 7) is 1.12. The number of nitrogens with zero attached hydrogens (tertiary/aromatic N) is 3. The Morgan fingerprint density at radius 1 is 1.16 bits per heavy atom. The van der Waals surface area contributed by atoms with Crippen LogP contribution in [0.2, 0.25) is 5.02 Å². The Morgan fingerprint density at radius 3 is 2.66 bits per heavy atom.